The van der Waals surface area contributed by atoms with Gasteiger partial charge in [0.15, 0.2) is 0 Å². The lowest BCUT2D eigenvalue weighted by Crippen LogP contribution is -2.36. The van der Waals surface area contributed by atoms with E-state index < -0.39 is 22.6 Å². The van der Waals surface area contributed by atoms with Crippen molar-refractivity contribution in [1.29, 1.82) is 5.26 Å². The molecule has 0 radical (unpaired) electrons. The zero-order chi connectivity index (χ0) is 27.3. The Labute approximate surface area is 216 Å². The molecule has 1 saturated heterocycles. The number of halogens is 3. The van der Waals surface area contributed by atoms with Gasteiger partial charge in [-0.25, -0.2) is 0 Å². The Morgan fingerprint density at radius 2 is 1.87 bits per heavy atom. The topological polar surface area (TPSA) is 108 Å². The van der Waals surface area contributed by atoms with E-state index in [0.29, 0.717) is 44.7 Å². The van der Waals surface area contributed by atoms with Crippen molar-refractivity contribution in [3.8, 4) is 6.07 Å². The number of hydrogen-bond donors (Lipinski definition) is 1. The number of rotatable bonds is 6. The first kappa shape index (κ1) is 26.6. The van der Waals surface area contributed by atoms with Crippen LogP contribution in [0.1, 0.15) is 24.0 Å². The molecule has 4 rings (SSSR count). The third-order valence-corrected chi connectivity index (χ3v) is 6.15. The summed E-state index contributed by atoms with van der Waals surface area (Å²) in [5, 5.41) is 23.3. The Hall–Kier alpha value is -4.43. The SMILES string of the molecule is N#CC(=CC1=C(N2CCOCC2)/C(=C\c2cccc([N+](=O)[O-])c2)CC1)C(=O)Nc1cccc(C(F)(F)F)c1. The van der Waals surface area contributed by atoms with E-state index in [0.717, 1.165) is 29.0 Å². The van der Waals surface area contributed by atoms with E-state index in [1.165, 1.54) is 30.3 Å². The highest BCUT2D eigenvalue weighted by atomic mass is 19.4. The number of nitriles is 1. The Bertz CT molecular complexity index is 1380. The molecule has 0 saturated carbocycles. The van der Waals surface area contributed by atoms with Crippen LogP contribution in [-0.2, 0) is 15.7 Å². The van der Waals surface area contributed by atoms with E-state index in [1.54, 1.807) is 12.1 Å². The number of benzene rings is 2. The maximum Gasteiger partial charge on any atom is 0.416 e. The Balaban J connectivity index is 1.68. The van der Waals surface area contributed by atoms with Crippen LogP contribution in [-0.4, -0.2) is 42.0 Å². The summed E-state index contributed by atoms with van der Waals surface area (Å²) < 4.78 is 44.6. The van der Waals surface area contributed by atoms with Crippen molar-refractivity contribution in [1.82, 2.24) is 4.90 Å². The maximum absolute atomic E-state index is 13.0. The minimum atomic E-state index is -4.57. The van der Waals surface area contributed by atoms with Gasteiger partial charge < -0.3 is 15.0 Å². The van der Waals surface area contributed by atoms with Crippen LogP contribution < -0.4 is 5.32 Å². The van der Waals surface area contributed by atoms with Crippen LogP contribution in [0.3, 0.4) is 0 Å². The van der Waals surface area contributed by atoms with Crippen molar-refractivity contribution >= 4 is 23.4 Å². The molecule has 0 atom stereocenters. The number of morpholine rings is 1. The summed E-state index contributed by atoms with van der Waals surface area (Å²) in [6, 6.07) is 12.3. The highest BCUT2D eigenvalue weighted by Gasteiger charge is 2.31. The lowest BCUT2D eigenvalue weighted by Gasteiger charge is -2.31. The van der Waals surface area contributed by atoms with Crippen molar-refractivity contribution in [2.24, 2.45) is 0 Å². The standard InChI is InChI=1S/C27H23F3N4O4/c28-27(29,30)22-4-2-5-23(16-22)32-26(35)21(17-31)15-20-8-7-19(25(20)33-9-11-38-12-10-33)13-18-3-1-6-24(14-18)34(36)37/h1-6,13-16H,7-12H2,(H,32,35)/b19-13-,21-15?. The minimum Gasteiger partial charge on any atom is -0.378 e. The summed E-state index contributed by atoms with van der Waals surface area (Å²) >= 11 is 0. The van der Waals surface area contributed by atoms with E-state index >= 15 is 0 Å². The first-order valence-electron chi connectivity index (χ1n) is 11.8. The molecule has 0 unspecified atom stereocenters. The van der Waals surface area contributed by atoms with Crippen LogP contribution in [0, 0.1) is 21.4 Å². The van der Waals surface area contributed by atoms with E-state index in [4.69, 9.17) is 4.74 Å². The second kappa shape index (κ2) is 11.3. The van der Waals surface area contributed by atoms with Gasteiger partial charge in [-0.2, -0.15) is 18.4 Å². The molecule has 11 heteroatoms. The van der Waals surface area contributed by atoms with Crippen LogP contribution in [0.2, 0.25) is 0 Å². The number of ether oxygens (including phenoxy) is 1. The molecule has 0 spiro atoms. The van der Waals surface area contributed by atoms with E-state index in [2.05, 4.69) is 10.2 Å². The fraction of sp³-hybridized carbons (Fsp3) is 0.259. The van der Waals surface area contributed by atoms with Gasteiger partial charge in [-0.05, 0) is 59.9 Å². The first-order chi connectivity index (χ1) is 18.2. The molecule has 8 nitrogen and oxygen atoms in total. The number of hydrogen-bond acceptors (Lipinski definition) is 6. The zero-order valence-corrected chi connectivity index (χ0v) is 20.1. The number of anilines is 1. The van der Waals surface area contributed by atoms with E-state index in [9.17, 15) is 33.3 Å². The van der Waals surface area contributed by atoms with Gasteiger partial charge in [-0.3, -0.25) is 14.9 Å². The van der Waals surface area contributed by atoms with Gasteiger partial charge in [0, 0.05) is 36.6 Å². The van der Waals surface area contributed by atoms with Crippen molar-refractivity contribution in [2.75, 3.05) is 31.6 Å². The van der Waals surface area contributed by atoms with Crippen LogP contribution in [0.4, 0.5) is 24.5 Å². The molecular formula is C27H23F3N4O4. The number of carbonyl (C=O) groups excluding carboxylic acids is 1. The van der Waals surface area contributed by atoms with Crippen LogP contribution in [0.15, 0.2) is 77.0 Å². The molecule has 2 aromatic carbocycles. The fourth-order valence-electron chi connectivity index (χ4n) is 4.41. The Morgan fingerprint density at radius 3 is 2.55 bits per heavy atom. The molecule has 2 aliphatic rings. The largest absolute Gasteiger partial charge is 0.416 e. The van der Waals surface area contributed by atoms with Gasteiger partial charge in [-0.15, -0.1) is 0 Å². The quantitative estimate of drug-likeness (QED) is 0.233. The first-order valence-corrected chi connectivity index (χ1v) is 11.8. The number of alkyl halides is 3. The summed E-state index contributed by atoms with van der Waals surface area (Å²) in [6.45, 7) is 2.14. The average Bonchev–Trinajstić information content (AvgIpc) is 3.29. The third-order valence-electron chi connectivity index (χ3n) is 6.15. The summed E-state index contributed by atoms with van der Waals surface area (Å²) in [7, 11) is 0. The molecule has 2 aromatic rings. The van der Waals surface area contributed by atoms with Crippen molar-refractivity contribution < 1.29 is 27.6 Å². The number of nitrogens with zero attached hydrogens (tertiary/aromatic N) is 3. The Kier molecular flexibility index (Phi) is 7.93. The smallest absolute Gasteiger partial charge is 0.378 e. The van der Waals surface area contributed by atoms with Crippen molar-refractivity contribution in [3.05, 3.63) is 98.3 Å². The lowest BCUT2D eigenvalue weighted by atomic mass is 10.1. The molecule has 1 amide bonds. The maximum atomic E-state index is 13.0. The van der Waals surface area contributed by atoms with Crippen LogP contribution in [0.25, 0.3) is 6.08 Å². The average molecular weight is 524 g/mol. The molecule has 1 heterocycles. The second-order valence-corrected chi connectivity index (χ2v) is 8.70. The number of amides is 1. The monoisotopic (exact) mass is 524 g/mol. The summed E-state index contributed by atoms with van der Waals surface area (Å²) in [5.41, 5.74) is 1.81. The summed E-state index contributed by atoms with van der Waals surface area (Å²) in [6.07, 6.45) is -0.168. The van der Waals surface area contributed by atoms with Gasteiger partial charge in [0.1, 0.15) is 11.6 Å². The highest BCUT2D eigenvalue weighted by molar-refractivity contribution is 6.07. The molecule has 38 heavy (non-hydrogen) atoms. The second-order valence-electron chi connectivity index (χ2n) is 8.70. The molecule has 1 aliphatic carbocycles. The zero-order valence-electron chi connectivity index (χ0n) is 20.1. The molecule has 1 N–H and O–H groups in total. The van der Waals surface area contributed by atoms with Gasteiger partial charge in [0.25, 0.3) is 11.6 Å². The number of nitro benzene ring substituents is 1. The normalized spacial score (nSPS) is 17.5. The summed E-state index contributed by atoms with van der Waals surface area (Å²) in [5.74, 6) is -0.822. The molecule has 0 aromatic heterocycles. The number of non-ortho nitro benzene ring substituents is 1. The predicted molar refractivity (Wildman–Crippen MR) is 133 cm³/mol. The van der Waals surface area contributed by atoms with Gasteiger partial charge in [0.05, 0.1) is 23.7 Å². The predicted octanol–water partition coefficient (Wildman–Crippen LogP) is 5.47. The minimum absolute atomic E-state index is 0.0348. The van der Waals surface area contributed by atoms with Gasteiger partial charge in [0.2, 0.25) is 0 Å². The lowest BCUT2D eigenvalue weighted by molar-refractivity contribution is -0.384. The van der Waals surface area contributed by atoms with E-state index in [-0.39, 0.29) is 16.9 Å². The fourth-order valence-corrected chi connectivity index (χ4v) is 4.41. The Morgan fingerprint density at radius 1 is 1.13 bits per heavy atom. The molecule has 1 aliphatic heterocycles. The molecule has 0 bridgehead atoms. The third kappa shape index (κ3) is 6.27. The van der Waals surface area contributed by atoms with Crippen molar-refractivity contribution in [2.45, 2.75) is 19.0 Å². The molecule has 196 valence electrons. The number of allylic oxidation sites excluding steroid dienone is 3. The summed E-state index contributed by atoms with van der Waals surface area (Å²) in [4.78, 5) is 25.6. The van der Waals surface area contributed by atoms with E-state index in [1.807, 2.05) is 12.1 Å². The molecule has 1 fully saturated rings. The van der Waals surface area contributed by atoms with Crippen molar-refractivity contribution in [3.63, 3.8) is 0 Å². The number of carbonyl (C=O) groups is 1. The number of nitro groups is 1. The number of nitrogens with one attached hydrogen (secondary N) is 1. The molecular weight excluding hydrogens is 501 g/mol. The van der Waals surface area contributed by atoms with Gasteiger partial charge >= 0.3 is 6.18 Å². The van der Waals surface area contributed by atoms with Crippen LogP contribution >= 0.6 is 0 Å². The van der Waals surface area contributed by atoms with Crippen LogP contribution in [0.5, 0.6) is 0 Å². The van der Waals surface area contributed by atoms with Gasteiger partial charge in [-0.1, -0.05) is 18.2 Å². The highest BCUT2D eigenvalue weighted by Crippen LogP contribution is 2.37.